The fraction of sp³-hybridized carbons (Fsp3) is 1.00. The number of hydrogen-bond acceptors (Lipinski definition) is 2. The normalized spacial score (nSPS) is 34.2. The van der Waals surface area contributed by atoms with Crippen molar-refractivity contribution >= 4 is 0 Å². The molecule has 13 heavy (non-hydrogen) atoms. The maximum absolute atomic E-state index is 10.2. The summed E-state index contributed by atoms with van der Waals surface area (Å²) in [6.45, 7) is 1.18. The lowest BCUT2D eigenvalue weighted by atomic mass is 9.93. The number of aliphatic hydroxyl groups excluding tert-OH is 1. The molecule has 2 unspecified atom stereocenters. The summed E-state index contributed by atoms with van der Waals surface area (Å²) in [5.41, 5.74) is 0. The van der Waals surface area contributed by atoms with E-state index in [9.17, 15) is 5.11 Å². The lowest BCUT2D eigenvalue weighted by molar-refractivity contribution is 0.0389. The van der Waals surface area contributed by atoms with Crippen LogP contribution < -0.4 is 0 Å². The maximum Gasteiger partial charge on any atom is 0.0723 e. The van der Waals surface area contributed by atoms with Crippen molar-refractivity contribution in [1.82, 2.24) is 4.90 Å². The molecular formula is C11H21NO. The molecule has 1 saturated heterocycles. The van der Waals surface area contributed by atoms with Crippen molar-refractivity contribution in [3.63, 3.8) is 0 Å². The minimum absolute atomic E-state index is 0.0463. The average molecular weight is 183 g/mol. The predicted octanol–water partition coefficient (Wildman–Crippen LogP) is 1.63. The Bertz CT molecular complexity index is 165. The largest absolute Gasteiger partial charge is 0.391 e. The van der Waals surface area contributed by atoms with Crippen LogP contribution in [0.25, 0.3) is 0 Å². The molecule has 2 nitrogen and oxygen atoms in total. The van der Waals surface area contributed by atoms with Gasteiger partial charge in [-0.05, 0) is 45.2 Å². The fourth-order valence-corrected chi connectivity index (χ4v) is 2.98. The highest BCUT2D eigenvalue weighted by Gasteiger charge is 2.34. The average Bonchev–Trinajstić information content (AvgIpc) is 2.72. The zero-order valence-corrected chi connectivity index (χ0v) is 8.58. The smallest absolute Gasteiger partial charge is 0.0723 e. The molecule has 0 aromatic carbocycles. The first-order chi connectivity index (χ1) is 6.29. The number of likely N-dealkylation sites (tertiary alicyclic amines) is 1. The van der Waals surface area contributed by atoms with Gasteiger partial charge < -0.3 is 10.0 Å². The van der Waals surface area contributed by atoms with E-state index in [-0.39, 0.29) is 6.10 Å². The van der Waals surface area contributed by atoms with Crippen molar-refractivity contribution in [1.29, 1.82) is 0 Å². The van der Waals surface area contributed by atoms with Gasteiger partial charge in [0.05, 0.1) is 6.10 Å². The van der Waals surface area contributed by atoms with Gasteiger partial charge in [0.15, 0.2) is 0 Å². The highest BCUT2D eigenvalue weighted by molar-refractivity contribution is 4.88. The van der Waals surface area contributed by atoms with Crippen molar-refractivity contribution in [2.45, 2.75) is 50.7 Å². The molecule has 1 aliphatic carbocycles. The van der Waals surface area contributed by atoms with Crippen LogP contribution in [0.15, 0.2) is 0 Å². The van der Waals surface area contributed by atoms with E-state index in [0.717, 1.165) is 0 Å². The minimum Gasteiger partial charge on any atom is -0.391 e. The van der Waals surface area contributed by atoms with Crippen LogP contribution in [0.2, 0.25) is 0 Å². The first-order valence-corrected chi connectivity index (χ1v) is 5.67. The Morgan fingerprint density at radius 1 is 1.15 bits per heavy atom. The van der Waals surface area contributed by atoms with Gasteiger partial charge >= 0.3 is 0 Å². The Balaban J connectivity index is 1.91. The quantitative estimate of drug-likeness (QED) is 0.703. The highest BCUT2D eigenvalue weighted by atomic mass is 16.3. The van der Waals surface area contributed by atoms with Gasteiger partial charge in [-0.25, -0.2) is 0 Å². The molecule has 2 fully saturated rings. The van der Waals surface area contributed by atoms with E-state index in [1.54, 1.807) is 0 Å². The number of likely N-dealkylation sites (N-methyl/N-ethyl adjacent to an activating group) is 1. The Labute approximate surface area is 80.9 Å². The van der Waals surface area contributed by atoms with Crippen molar-refractivity contribution in [3.05, 3.63) is 0 Å². The van der Waals surface area contributed by atoms with Gasteiger partial charge in [-0.2, -0.15) is 0 Å². The summed E-state index contributed by atoms with van der Waals surface area (Å²) in [7, 11) is 2.15. The second-order valence-electron chi connectivity index (χ2n) is 4.73. The van der Waals surface area contributed by atoms with Crippen molar-refractivity contribution in [2.24, 2.45) is 5.92 Å². The fourth-order valence-electron chi connectivity index (χ4n) is 2.98. The molecule has 0 spiro atoms. The molecule has 1 N–H and O–H groups in total. The number of hydrogen-bond donors (Lipinski definition) is 1. The SMILES string of the molecule is CN1CCCC1C(O)C1CCCC1. The van der Waals surface area contributed by atoms with E-state index in [0.29, 0.717) is 12.0 Å². The van der Waals surface area contributed by atoms with Crippen LogP contribution in [0, 0.1) is 5.92 Å². The Hall–Kier alpha value is -0.0800. The second kappa shape index (κ2) is 3.97. The number of aliphatic hydroxyl groups is 1. The lowest BCUT2D eigenvalue weighted by Gasteiger charge is -2.29. The van der Waals surface area contributed by atoms with E-state index < -0.39 is 0 Å². The summed E-state index contributed by atoms with van der Waals surface area (Å²) < 4.78 is 0. The van der Waals surface area contributed by atoms with Gasteiger partial charge in [-0.3, -0.25) is 0 Å². The van der Waals surface area contributed by atoms with Crippen LogP contribution in [0.1, 0.15) is 38.5 Å². The van der Waals surface area contributed by atoms with Gasteiger partial charge in [-0.15, -0.1) is 0 Å². The third-order valence-electron chi connectivity index (χ3n) is 3.85. The molecular weight excluding hydrogens is 162 g/mol. The number of nitrogens with zero attached hydrogens (tertiary/aromatic N) is 1. The molecule has 2 heteroatoms. The van der Waals surface area contributed by atoms with Crippen molar-refractivity contribution < 1.29 is 5.11 Å². The molecule has 0 bridgehead atoms. The van der Waals surface area contributed by atoms with E-state index in [1.165, 1.54) is 45.1 Å². The van der Waals surface area contributed by atoms with Gasteiger partial charge in [-0.1, -0.05) is 12.8 Å². The van der Waals surface area contributed by atoms with Gasteiger partial charge in [0, 0.05) is 6.04 Å². The topological polar surface area (TPSA) is 23.5 Å². The lowest BCUT2D eigenvalue weighted by Crippen LogP contribution is -2.40. The molecule has 2 atom stereocenters. The molecule has 0 amide bonds. The standard InChI is InChI=1S/C11H21NO/c1-12-8-4-7-10(12)11(13)9-5-2-3-6-9/h9-11,13H,2-8H2,1H3. The molecule has 0 aromatic heterocycles. The molecule has 0 radical (unpaired) electrons. The number of rotatable bonds is 2. The van der Waals surface area contributed by atoms with E-state index in [4.69, 9.17) is 0 Å². The summed E-state index contributed by atoms with van der Waals surface area (Å²) >= 11 is 0. The highest BCUT2D eigenvalue weighted by Crippen LogP contribution is 2.32. The van der Waals surface area contributed by atoms with Crippen LogP contribution in [-0.4, -0.2) is 35.7 Å². The molecule has 1 saturated carbocycles. The predicted molar refractivity (Wildman–Crippen MR) is 53.6 cm³/mol. The molecule has 0 aromatic rings. The Morgan fingerprint density at radius 2 is 1.85 bits per heavy atom. The Morgan fingerprint density at radius 3 is 2.38 bits per heavy atom. The molecule has 1 heterocycles. The van der Waals surface area contributed by atoms with Crippen LogP contribution in [-0.2, 0) is 0 Å². The molecule has 2 aliphatic rings. The first-order valence-electron chi connectivity index (χ1n) is 5.67. The third-order valence-corrected chi connectivity index (χ3v) is 3.85. The maximum atomic E-state index is 10.2. The van der Waals surface area contributed by atoms with Crippen LogP contribution in [0.5, 0.6) is 0 Å². The Kier molecular flexibility index (Phi) is 2.89. The summed E-state index contributed by atoms with van der Waals surface area (Å²) in [4.78, 5) is 2.34. The zero-order valence-electron chi connectivity index (χ0n) is 8.58. The summed E-state index contributed by atoms with van der Waals surface area (Å²) in [6.07, 6.45) is 7.60. The van der Waals surface area contributed by atoms with Crippen molar-refractivity contribution in [2.75, 3.05) is 13.6 Å². The third kappa shape index (κ3) is 1.89. The summed E-state index contributed by atoms with van der Waals surface area (Å²) in [5.74, 6) is 0.602. The monoisotopic (exact) mass is 183 g/mol. The molecule has 76 valence electrons. The first kappa shape index (κ1) is 9.47. The van der Waals surface area contributed by atoms with Gasteiger partial charge in [0.1, 0.15) is 0 Å². The van der Waals surface area contributed by atoms with E-state index in [1.807, 2.05) is 0 Å². The van der Waals surface area contributed by atoms with Gasteiger partial charge in [0.2, 0.25) is 0 Å². The van der Waals surface area contributed by atoms with Crippen LogP contribution in [0.3, 0.4) is 0 Å². The summed E-state index contributed by atoms with van der Waals surface area (Å²) in [6, 6.07) is 0.461. The minimum atomic E-state index is -0.0463. The summed E-state index contributed by atoms with van der Waals surface area (Å²) in [5, 5.41) is 10.2. The zero-order chi connectivity index (χ0) is 9.26. The molecule has 1 aliphatic heterocycles. The second-order valence-corrected chi connectivity index (χ2v) is 4.73. The van der Waals surface area contributed by atoms with Crippen LogP contribution in [0.4, 0.5) is 0 Å². The molecule has 2 rings (SSSR count). The van der Waals surface area contributed by atoms with Crippen molar-refractivity contribution in [3.8, 4) is 0 Å². The van der Waals surface area contributed by atoms with Crippen LogP contribution >= 0.6 is 0 Å². The van der Waals surface area contributed by atoms with E-state index >= 15 is 0 Å². The van der Waals surface area contributed by atoms with Gasteiger partial charge in [0.25, 0.3) is 0 Å². The van der Waals surface area contributed by atoms with E-state index in [2.05, 4.69) is 11.9 Å².